The molecule has 124 valence electrons. The first-order valence-electron chi connectivity index (χ1n) is 7.27. The highest BCUT2D eigenvalue weighted by Gasteiger charge is 2.53. The third kappa shape index (κ3) is 3.43. The van der Waals surface area contributed by atoms with Crippen molar-refractivity contribution in [2.45, 2.75) is 41.1 Å². The number of rotatable bonds is 2. The average Bonchev–Trinajstić information content (AvgIpc) is 2.65. The van der Waals surface area contributed by atoms with Gasteiger partial charge in [-0.3, -0.25) is 4.90 Å². The first-order valence-corrected chi connectivity index (χ1v) is 8.78. The largest absolute Gasteiger partial charge is 0.465 e. The molecule has 7 heteroatoms. The van der Waals surface area contributed by atoms with Crippen LogP contribution in [0.5, 0.6) is 0 Å². The Morgan fingerprint density at radius 3 is 2.52 bits per heavy atom. The molecule has 1 aromatic carbocycles. The van der Waals surface area contributed by atoms with Crippen molar-refractivity contribution in [1.29, 1.82) is 0 Å². The molecule has 1 N–H and O–H groups in total. The van der Waals surface area contributed by atoms with Crippen LogP contribution < -0.4 is 0 Å². The molecule has 2 aliphatic rings. The van der Waals surface area contributed by atoms with Gasteiger partial charge in [-0.1, -0.05) is 64.6 Å². The van der Waals surface area contributed by atoms with Crippen LogP contribution in [0.3, 0.4) is 0 Å². The number of hydrogen-bond donors (Lipinski definition) is 1. The van der Waals surface area contributed by atoms with Gasteiger partial charge in [0, 0.05) is 17.5 Å². The smallest absolute Gasteiger partial charge is 0.408 e. The fourth-order valence-corrected chi connectivity index (χ4v) is 4.61. The highest BCUT2D eigenvalue weighted by Crippen LogP contribution is 2.51. The molecule has 2 aliphatic heterocycles. The molecule has 1 fully saturated rings. The lowest BCUT2D eigenvalue weighted by atomic mass is 9.86. The van der Waals surface area contributed by atoms with Crippen LogP contribution in [-0.2, 0) is 0 Å². The molecule has 0 radical (unpaired) electrons. The minimum atomic E-state index is -1.51. The Morgan fingerprint density at radius 2 is 1.96 bits per heavy atom. The number of carbonyl (C=O) groups is 1. The Balaban J connectivity index is 2.04. The molecule has 3 nitrogen and oxygen atoms in total. The fourth-order valence-electron chi connectivity index (χ4n) is 3.79. The van der Waals surface area contributed by atoms with E-state index in [1.807, 2.05) is 30.3 Å². The van der Waals surface area contributed by atoms with Crippen molar-refractivity contribution < 1.29 is 9.90 Å². The predicted molar refractivity (Wildman–Crippen MR) is 94.6 cm³/mol. The topological polar surface area (TPSA) is 40.5 Å². The Hall–Kier alpha value is -0.610. The van der Waals surface area contributed by atoms with Crippen LogP contribution in [0.25, 0.3) is 5.57 Å². The van der Waals surface area contributed by atoms with E-state index in [-0.39, 0.29) is 12.5 Å². The first-order chi connectivity index (χ1) is 10.7. The lowest BCUT2D eigenvalue weighted by molar-refractivity contribution is 0.0938. The van der Waals surface area contributed by atoms with E-state index in [1.54, 1.807) is 0 Å². The van der Waals surface area contributed by atoms with Gasteiger partial charge in [0.1, 0.15) is 0 Å². The summed E-state index contributed by atoms with van der Waals surface area (Å²) in [5, 5.41) is 10.3. The monoisotopic (exact) mass is 393 g/mol. The number of amides is 1. The van der Waals surface area contributed by atoms with E-state index in [4.69, 9.17) is 46.4 Å². The van der Waals surface area contributed by atoms with Gasteiger partial charge in [-0.2, -0.15) is 0 Å². The Labute approximate surface area is 154 Å². The van der Waals surface area contributed by atoms with E-state index >= 15 is 0 Å². The maximum Gasteiger partial charge on any atom is 0.408 e. The summed E-state index contributed by atoms with van der Waals surface area (Å²) in [5.41, 5.74) is 1.34. The third-order valence-corrected chi connectivity index (χ3v) is 5.23. The Bertz CT molecular complexity index is 653. The molecule has 0 aliphatic carbocycles. The SMILES string of the molecule is O=C(O)N1C2CCC1(CC(Cl)(Cl)Cl)C=C(c1ccc(Cl)cc1)C2. The number of nitrogens with zero attached hydrogens (tertiary/aromatic N) is 1. The summed E-state index contributed by atoms with van der Waals surface area (Å²) >= 11 is 23.9. The predicted octanol–water partition coefficient (Wildman–Crippen LogP) is 5.77. The van der Waals surface area contributed by atoms with Crippen LogP contribution in [0.4, 0.5) is 4.79 Å². The average molecular weight is 395 g/mol. The van der Waals surface area contributed by atoms with E-state index in [0.717, 1.165) is 17.6 Å². The zero-order chi connectivity index (χ0) is 16.8. The summed E-state index contributed by atoms with van der Waals surface area (Å²) < 4.78 is -1.51. The van der Waals surface area contributed by atoms with Gasteiger partial charge in [-0.25, -0.2) is 4.79 Å². The summed E-state index contributed by atoms with van der Waals surface area (Å²) in [4.78, 5) is 13.2. The van der Waals surface area contributed by atoms with Gasteiger partial charge in [-0.15, -0.1) is 0 Å². The third-order valence-electron chi connectivity index (χ3n) is 4.58. The quantitative estimate of drug-likeness (QED) is 0.647. The Morgan fingerprint density at radius 1 is 1.30 bits per heavy atom. The van der Waals surface area contributed by atoms with E-state index in [9.17, 15) is 9.90 Å². The molecule has 0 aromatic heterocycles. The van der Waals surface area contributed by atoms with Gasteiger partial charge in [0.25, 0.3) is 0 Å². The minimum Gasteiger partial charge on any atom is -0.465 e. The van der Waals surface area contributed by atoms with Crippen LogP contribution in [0, 0.1) is 0 Å². The molecule has 3 rings (SSSR count). The van der Waals surface area contributed by atoms with E-state index in [2.05, 4.69) is 0 Å². The van der Waals surface area contributed by atoms with E-state index in [0.29, 0.717) is 17.9 Å². The molecular formula is C16H15Cl4NO2. The number of halogens is 4. The van der Waals surface area contributed by atoms with Gasteiger partial charge < -0.3 is 5.11 Å². The van der Waals surface area contributed by atoms with Crippen LogP contribution in [-0.4, -0.2) is 31.5 Å². The molecule has 23 heavy (non-hydrogen) atoms. The van der Waals surface area contributed by atoms with Crippen LogP contribution in [0.15, 0.2) is 30.3 Å². The van der Waals surface area contributed by atoms with Crippen molar-refractivity contribution in [1.82, 2.24) is 4.90 Å². The number of fused-ring (bicyclic) bond motifs is 2. The zero-order valence-corrected chi connectivity index (χ0v) is 15.1. The van der Waals surface area contributed by atoms with Crippen molar-refractivity contribution in [3.8, 4) is 0 Å². The number of carboxylic acid groups (broad SMARTS) is 1. The molecule has 2 bridgehead atoms. The van der Waals surface area contributed by atoms with Crippen molar-refractivity contribution in [2.75, 3.05) is 0 Å². The molecule has 1 aromatic rings. The van der Waals surface area contributed by atoms with Gasteiger partial charge >= 0.3 is 6.09 Å². The summed E-state index contributed by atoms with van der Waals surface area (Å²) in [6, 6.07) is 7.44. The van der Waals surface area contributed by atoms with Crippen molar-refractivity contribution >= 4 is 58.1 Å². The maximum absolute atomic E-state index is 11.7. The standard InChI is InChI=1S/C16H15Cl4NO2/c17-12-3-1-10(2-4-12)11-7-13-5-6-15(8-11,9-16(18,19)20)21(13)14(22)23/h1-4,8,13H,5-7,9H2,(H,22,23). The summed E-state index contributed by atoms with van der Waals surface area (Å²) in [7, 11) is 0. The van der Waals surface area contributed by atoms with E-state index in [1.165, 1.54) is 4.90 Å². The van der Waals surface area contributed by atoms with Gasteiger partial charge in [0.15, 0.2) is 3.79 Å². The van der Waals surface area contributed by atoms with Crippen molar-refractivity contribution in [3.05, 3.63) is 40.9 Å². The van der Waals surface area contributed by atoms with Gasteiger partial charge in [0.2, 0.25) is 0 Å². The van der Waals surface area contributed by atoms with Crippen LogP contribution in [0.1, 0.15) is 31.2 Å². The molecule has 1 saturated heterocycles. The van der Waals surface area contributed by atoms with Gasteiger partial charge in [-0.05, 0) is 42.5 Å². The van der Waals surface area contributed by atoms with Gasteiger partial charge in [0.05, 0.1) is 5.54 Å². The van der Waals surface area contributed by atoms with Crippen LogP contribution in [0.2, 0.25) is 5.02 Å². The summed E-state index contributed by atoms with van der Waals surface area (Å²) in [6.45, 7) is 0. The first kappa shape index (κ1) is 17.2. The van der Waals surface area contributed by atoms with Crippen LogP contribution >= 0.6 is 46.4 Å². The second-order valence-corrected chi connectivity index (χ2v) is 9.07. The van der Waals surface area contributed by atoms with E-state index < -0.39 is 15.4 Å². The molecule has 1 amide bonds. The lowest BCUT2D eigenvalue weighted by Gasteiger charge is -2.43. The normalized spacial score (nSPS) is 27.0. The molecule has 2 unspecified atom stereocenters. The number of alkyl halides is 3. The summed E-state index contributed by atoms with van der Waals surface area (Å²) in [6.07, 6.45) is 3.24. The van der Waals surface area contributed by atoms with Crippen molar-refractivity contribution in [2.24, 2.45) is 0 Å². The molecule has 2 heterocycles. The number of benzene rings is 1. The molecular weight excluding hydrogens is 380 g/mol. The lowest BCUT2D eigenvalue weighted by Crippen LogP contribution is -2.53. The number of hydrogen-bond acceptors (Lipinski definition) is 1. The second-order valence-electron chi connectivity index (χ2n) is 6.12. The fraction of sp³-hybridized carbons (Fsp3) is 0.438. The highest BCUT2D eigenvalue weighted by molar-refractivity contribution is 6.67. The molecule has 2 atom stereocenters. The highest BCUT2D eigenvalue weighted by atomic mass is 35.6. The molecule has 0 saturated carbocycles. The van der Waals surface area contributed by atoms with Crippen molar-refractivity contribution in [3.63, 3.8) is 0 Å². The second kappa shape index (κ2) is 6.03. The zero-order valence-electron chi connectivity index (χ0n) is 12.1. The maximum atomic E-state index is 11.7. The minimum absolute atomic E-state index is 0.0875. The Kier molecular flexibility index (Phi) is 4.52. The molecule has 0 spiro atoms. The summed E-state index contributed by atoms with van der Waals surface area (Å²) in [5.74, 6) is 0.